The fourth-order valence-electron chi connectivity index (χ4n) is 1.56. The normalized spacial score (nSPS) is 23.4. The Labute approximate surface area is 80.8 Å². The Morgan fingerprint density at radius 1 is 1.69 bits per heavy atom. The summed E-state index contributed by atoms with van der Waals surface area (Å²) in [6.45, 7) is 11.7. The van der Waals surface area contributed by atoms with Crippen molar-refractivity contribution < 1.29 is 4.74 Å². The number of hydrogen-bond acceptors (Lipinski definition) is 3. The maximum absolute atomic E-state index is 5.39. The van der Waals surface area contributed by atoms with Gasteiger partial charge in [0.25, 0.3) is 0 Å². The van der Waals surface area contributed by atoms with Crippen LogP contribution in [-0.4, -0.2) is 50.3 Å². The molecule has 1 unspecified atom stereocenters. The summed E-state index contributed by atoms with van der Waals surface area (Å²) in [6.07, 6.45) is 1.95. The lowest BCUT2D eigenvalue weighted by Gasteiger charge is -2.29. The van der Waals surface area contributed by atoms with Gasteiger partial charge in [0.2, 0.25) is 0 Å². The van der Waals surface area contributed by atoms with Crippen LogP contribution < -0.4 is 5.32 Å². The molecule has 0 aromatic heterocycles. The molecule has 1 saturated heterocycles. The molecule has 3 heteroatoms. The molecule has 1 N–H and O–H groups in total. The summed E-state index contributed by atoms with van der Waals surface area (Å²) in [5.41, 5.74) is 0. The molecule has 1 aliphatic rings. The quantitative estimate of drug-likeness (QED) is 0.629. The lowest BCUT2D eigenvalue weighted by atomic mass is 10.2. The van der Waals surface area contributed by atoms with E-state index in [-0.39, 0.29) is 0 Å². The second-order valence-electron chi connectivity index (χ2n) is 3.37. The van der Waals surface area contributed by atoms with Gasteiger partial charge in [-0.15, -0.1) is 6.58 Å². The molecule has 0 radical (unpaired) electrons. The van der Waals surface area contributed by atoms with Crippen molar-refractivity contribution in [1.29, 1.82) is 0 Å². The minimum Gasteiger partial charge on any atom is -0.378 e. The molecule has 0 aliphatic carbocycles. The molecular formula is C10H20N2O. The number of nitrogens with one attached hydrogen (secondary N) is 1. The van der Waals surface area contributed by atoms with Gasteiger partial charge >= 0.3 is 0 Å². The predicted molar refractivity (Wildman–Crippen MR) is 54.9 cm³/mol. The lowest BCUT2D eigenvalue weighted by Crippen LogP contribution is -2.48. The number of likely N-dealkylation sites (N-methyl/N-ethyl adjacent to an activating group) is 1. The number of hydrogen-bond donors (Lipinski definition) is 1. The van der Waals surface area contributed by atoms with Crippen LogP contribution in [0.4, 0.5) is 0 Å². The molecule has 0 spiro atoms. The summed E-state index contributed by atoms with van der Waals surface area (Å²) in [6, 6.07) is 0.494. The molecule has 0 amide bonds. The van der Waals surface area contributed by atoms with Gasteiger partial charge in [-0.2, -0.15) is 0 Å². The van der Waals surface area contributed by atoms with Crippen molar-refractivity contribution >= 4 is 0 Å². The van der Waals surface area contributed by atoms with Crippen molar-refractivity contribution in [3.8, 4) is 0 Å². The van der Waals surface area contributed by atoms with E-state index in [4.69, 9.17) is 4.74 Å². The highest BCUT2D eigenvalue weighted by atomic mass is 16.5. The van der Waals surface area contributed by atoms with Gasteiger partial charge in [-0.3, -0.25) is 4.90 Å². The molecule has 0 aromatic rings. The Kier molecular flexibility index (Phi) is 5.05. The van der Waals surface area contributed by atoms with Gasteiger partial charge in [0.05, 0.1) is 13.2 Å². The zero-order valence-electron chi connectivity index (χ0n) is 8.46. The number of rotatable bonds is 5. The Morgan fingerprint density at radius 2 is 2.54 bits per heavy atom. The first-order chi connectivity index (χ1) is 6.36. The maximum Gasteiger partial charge on any atom is 0.0632 e. The molecule has 0 saturated carbocycles. The summed E-state index contributed by atoms with van der Waals surface area (Å²) < 4.78 is 5.39. The minimum atomic E-state index is 0.494. The third kappa shape index (κ3) is 3.89. The average Bonchev–Trinajstić information content (AvgIpc) is 2.19. The van der Waals surface area contributed by atoms with Crippen LogP contribution in [0, 0.1) is 0 Å². The summed E-state index contributed by atoms with van der Waals surface area (Å²) in [7, 11) is 0. The SMILES string of the molecule is C=CCN(CC)CC1COCCN1. The van der Waals surface area contributed by atoms with E-state index in [1.165, 1.54) is 0 Å². The second-order valence-corrected chi connectivity index (χ2v) is 3.37. The van der Waals surface area contributed by atoms with Crippen molar-refractivity contribution in [3.05, 3.63) is 12.7 Å². The molecule has 1 rings (SSSR count). The van der Waals surface area contributed by atoms with Crippen LogP contribution in [-0.2, 0) is 4.74 Å². The molecule has 13 heavy (non-hydrogen) atoms. The maximum atomic E-state index is 5.39. The van der Waals surface area contributed by atoms with E-state index >= 15 is 0 Å². The molecule has 0 aromatic carbocycles. The Balaban J connectivity index is 2.22. The van der Waals surface area contributed by atoms with E-state index in [1.807, 2.05) is 6.08 Å². The minimum absolute atomic E-state index is 0.494. The molecule has 3 nitrogen and oxygen atoms in total. The van der Waals surface area contributed by atoms with E-state index in [9.17, 15) is 0 Å². The monoisotopic (exact) mass is 184 g/mol. The molecular weight excluding hydrogens is 164 g/mol. The highest BCUT2D eigenvalue weighted by Crippen LogP contribution is 1.97. The van der Waals surface area contributed by atoms with Crippen molar-refractivity contribution in [1.82, 2.24) is 10.2 Å². The third-order valence-corrected chi connectivity index (χ3v) is 2.31. The van der Waals surface area contributed by atoms with Crippen molar-refractivity contribution in [2.45, 2.75) is 13.0 Å². The van der Waals surface area contributed by atoms with Crippen molar-refractivity contribution in [2.24, 2.45) is 0 Å². The number of nitrogens with zero attached hydrogens (tertiary/aromatic N) is 1. The lowest BCUT2D eigenvalue weighted by molar-refractivity contribution is 0.0642. The first-order valence-electron chi connectivity index (χ1n) is 5.01. The summed E-state index contributed by atoms with van der Waals surface area (Å²) in [4.78, 5) is 2.36. The van der Waals surface area contributed by atoms with Gasteiger partial charge in [0.1, 0.15) is 0 Å². The van der Waals surface area contributed by atoms with Crippen LogP contribution in [0.2, 0.25) is 0 Å². The van der Waals surface area contributed by atoms with Gasteiger partial charge in [-0.25, -0.2) is 0 Å². The highest BCUT2D eigenvalue weighted by Gasteiger charge is 2.14. The van der Waals surface area contributed by atoms with Gasteiger partial charge in [0, 0.05) is 25.7 Å². The molecule has 0 bridgehead atoms. The average molecular weight is 184 g/mol. The standard InChI is InChI=1S/C10H20N2O/c1-3-6-12(4-2)8-10-9-13-7-5-11-10/h3,10-11H,1,4-9H2,2H3. The van der Waals surface area contributed by atoms with Crippen LogP contribution >= 0.6 is 0 Å². The van der Waals surface area contributed by atoms with Crippen LogP contribution in [0.5, 0.6) is 0 Å². The van der Waals surface area contributed by atoms with E-state index in [0.717, 1.165) is 39.4 Å². The van der Waals surface area contributed by atoms with Gasteiger partial charge < -0.3 is 10.1 Å². The third-order valence-electron chi connectivity index (χ3n) is 2.31. The number of ether oxygens (including phenoxy) is 1. The number of morpholine rings is 1. The first-order valence-corrected chi connectivity index (χ1v) is 5.01. The second kappa shape index (κ2) is 6.13. The van der Waals surface area contributed by atoms with Crippen LogP contribution in [0.3, 0.4) is 0 Å². The van der Waals surface area contributed by atoms with Gasteiger partial charge in [-0.05, 0) is 6.54 Å². The van der Waals surface area contributed by atoms with Crippen LogP contribution in [0.15, 0.2) is 12.7 Å². The molecule has 76 valence electrons. The van der Waals surface area contributed by atoms with E-state index in [2.05, 4.69) is 23.7 Å². The molecule has 1 heterocycles. The zero-order chi connectivity index (χ0) is 9.52. The van der Waals surface area contributed by atoms with Crippen LogP contribution in [0.1, 0.15) is 6.92 Å². The molecule has 1 aliphatic heterocycles. The Bertz CT molecular complexity index is 144. The van der Waals surface area contributed by atoms with E-state index < -0.39 is 0 Å². The molecule has 1 fully saturated rings. The Hall–Kier alpha value is -0.380. The van der Waals surface area contributed by atoms with Crippen LogP contribution in [0.25, 0.3) is 0 Å². The van der Waals surface area contributed by atoms with Gasteiger partial charge in [0.15, 0.2) is 0 Å². The summed E-state index contributed by atoms with van der Waals surface area (Å²) in [5.74, 6) is 0. The zero-order valence-corrected chi connectivity index (χ0v) is 8.46. The van der Waals surface area contributed by atoms with E-state index in [1.54, 1.807) is 0 Å². The molecule has 1 atom stereocenters. The van der Waals surface area contributed by atoms with E-state index in [0.29, 0.717) is 6.04 Å². The topological polar surface area (TPSA) is 24.5 Å². The highest BCUT2D eigenvalue weighted by molar-refractivity contribution is 4.78. The van der Waals surface area contributed by atoms with Gasteiger partial charge in [-0.1, -0.05) is 13.0 Å². The fourth-order valence-corrected chi connectivity index (χ4v) is 1.56. The largest absolute Gasteiger partial charge is 0.378 e. The first kappa shape index (κ1) is 10.7. The van der Waals surface area contributed by atoms with Crippen molar-refractivity contribution in [3.63, 3.8) is 0 Å². The van der Waals surface area contributed by atoms with Crippen molar-refractivity contribution in [2.75, 3.05) is 39.4 Å². The fraction of sp³-hybridized carbons (Fsp3) is 0.800. The predicted octanol–water partition coefficient (Wildman–Crippen LogP) is 0.483. The summed E-state index contributed by atoms with van der Waals surface area (Å²) in [5, 5.41) is 3.44. The Morgan fingerprint density at radius 3 is 3.08 bits per heavy atom. The smallest absolute Gasteiger partial charge is 0.0632 e. The summed E-state index contributed by atoms with van der Waals surface area (Å²) >= 11 is 0.